The molecule has 0 heterocycles. The van der Waals surface area contributed by atoms with E-state index in [0.29, 0.717) is 0 Å². The molecular formula is C11H10ClF4NO. The molecule has 0 aliphatic heterocycles. The Hall–Kier alpha value is -1.14. The lowest BCUT2D eigenvalue weighted by molar-refractivity contribution is -0.127. The Balaban J connectivity index is 2.45. The van der Waals surface area contributed by atoms with E-state index >= 15 is 0 Å². The van der Waals surface area contributed by atoms with Gasteiger partial charge in [0.2, 0.25) is 0 Å². The molecule has 1 rings (SSSR count). The maximum absolute atomic E-state index is 13.3. The van der Waals surface area contributed by atoms with Gasteiger partial charge in [-0.2, -0.15) is 13.2 Å². The number of hydrogen-bond donors (Lipinski definition) is 1. The number of alkyl halides is 3. The second kappa shape index (κ2) is 6.15. The Morgan fingerprint density at radius 1 is 1.33 bits per heavy atom. The van der Waals surface area contributed by atoms with Crippen molar-refractivity contribution in [3.05, 3.63) is 34.6 Å². The van der Waals surface area contributed by atoms with Crippen molar-refractivity contribution < 1.29 is 22.4 Å². The van der Waals surface area contributed by atoms with Crippen molar-refractivity contribution in [2.24, 2.45) is 0 Å². The zero-order valence-corrected chi connectivity index (χ0v) is 9.91. The van der Waals surface area contributed by atoms with Gasteiger partial charge in [0.1, 0.15) is 5.82 Å². The first-order chi connectivity index (χ1) is 8.28. The van der Waals surface area contributed by atoms with Crippen LogP contribution in [0, 0.1) is 5.82 Å². The highest BCUT2D eigenvalue weighted by atomic mass is 35.5. The van der Waals surface area contributed by atoms with Gasteiger partial charge < -0.3 is 5.32 Å². The summed E-state index contributed by atoms with van der Waals surface area (Å²) in [7, 11) is 0. The number of carbonyl (C=O) groups is 1. The molecule has 0 radical (unpaired) electrons. The summed E-state index contributed by atoms with van der Waals surface area (Å²) in [6.07, 6.45) is -4.64. The van der Waals surface area contributed by atoms with Crippen molar-refractivity contribution >= 4 is 17.4 Å². The maximum atomic E-state index is 13.3. The van der Waals surface area contributed by atoms with Crippen LogP contribution in [0.4, 0.5) is 17.6 Å². The van der Waals surface area contributed by atoms with E-state index in [1.165, 1.54) is 12.1 Å². The minimum atomic E-state index is -4.37. The third-order valence-electron chi connectivity index (χ3n) is 2.05. The Kier molecular flexibility index (Phi) is 5.10. The summed E-state index contributed by atoms with van der Waals surface area (Å²) in [5, 5.41) is 2.15. The third-order valence-corrected chi connectivity index (χ3v) is 2.29. The van der Waals surface area contributed by atoms with Crippen LogP contribution in [0.1, 0.15) is 5.56 Å². The standard InChI is InChI=1S/C11H10ClF4NO/c12-8-2-1-7(10(13)4-8)3-9(18)5-17-6-11(14,15)16/h1-2,4,17H,3,5-6H2. The lowest BCUT2D eigenvalue weighted by Gasteiger charge is -2.08. The fourth-order valence-corrected chi connectivity index (χ4v) is 1.44. The quantitative estimate of drug-likeness (QED) is 0.842. The number of benzene rings is 1. The number of hydrogen-bond acceptors (Lipinski definition) is 2. The van der Waals surface area contributed by atoms with E-state index in [2.05, 4.69) is 0 Å². The SMILES string of the molecule is O=C(CNCC(F)(F)F)Cc1ccc(Cl)cc1F. The fourth-order valence-electron chi connectivity index (χ4n) is 1.28. The van der Waals surface area contributed by atoms with E-state index in [9.17, 15) is 22.4 Å². The van der Waals surface area contributed by atoms with Crippen LogP contribution in [0.3, 0.4) is 0 Å². The van der Waals surface area contributed by atoms with E-state index in [1.807, 2.05) is 5.32 Å². The first kappa shape index (κ1) is 14.9. The Morgan fingerprint density at radius 2 is 2.00 bits per heavy atom. The average Bonchev–Trinajstić information content (AvgIpc) is 2.20. The zero-order chi connectivity index (χ0) is 13.8. The topological polar surface area (TPSA) is 29.1 Å². The summed E-state index contributed by atoms with van der Waals surface area (Å²) >= 11 is 5.53. The maximum Gasteiger partial charge on any atom is 0.401 e. The van der Waals surface area contributed by atoms with Crippen molar-refractivity contribution in [2.45, 2.75) is 12.6 Å². The molecule has 1 aromatic rings. The summed E-state index contributed by atoms with van der Waals surface area (Å²) in [6.45, 7) is -1.70. The minimum Gasteiger partial charge on any atom is -0.302 e. The highest BCUT2D eigenvalue weighted by Crippen LogP contribution is 2.15. The summed E-state index contributed by atoms with van der Waals surface area (Å²) in [5.74, 6) is -1.17. The molecule has 0 spiro atoms. The molecule has 0 atom stereocenters. The summed E-state index contributed by atoms with van der Waals surface area (Å²) in [5.41, 5.74) is 0.109. The first-order valence-electron chi connectivity index (χ1n) is 5.01. The van der Waals surface area contributed by atoms with Crippen LogP contribution in [-0.4, -0.2) is 25.0 Å². The molecule has 0 saturated carbocycles. The van der Waals surface area contributed by atoms with Gasteiger partial charge in [-0.05, 0) is 17.7 Å². The molecule has 0 amide bonds. The summed E-state index contributed by atoms with van der Waals surface area (Å²) in [4.78, 5) is 11.3. The lowest BCUT2D eigenvalue weighted by Crippen LogP contribution is -2.33. The average molecular weight is 284 g/mol. The molecule has 1 N–H and O–H groups in total. The van der Waals surface area contributed by atoms with E-state index in [1.54, 1.807) is 0 Å². The Labute approximate surface area is 106 Å². The van der Waals surface area contributed by atoms with Gasteiger partial charge in [-0.3, -0.25) is 4.79 Å². The molecule has 2 nitrogen and oxygen atoms in total. The molecule has 0 fully saturated rings. The number of carbonyl (C=O) groups excluding carboxylic acids is 1. The highest BCUT2D eigenvalue weighted by Gasteiger charge is 2.26. The van der Waals surface area contributed by atoms with Crippen LogP contribution in [0.5, 0.6) is 0 Å². The predicted molar refractivity (Wildman–Crippen MR) is 59.0 cm³/mol. The third kappa shape index (κ3) is 5.46. The van der Waals surface area contributed by atoms with Crippen LogP contribution in [-0.2, 0) is 11.2 Å². The largest absolute Gasteiger partial charge is 0.401 e. The Morgan fingerprint density at radius 3 is 2.56 bits per heavy atom. The molecule has 100 valence electrons. The molecule has 0 aliphatic carbocycles. The van der Waals surface area contributed by atoms with Gasteiger partial charge in [-0.1, -0.05) is 17.7 Å². The van der Waals surface area contributed by atoms with E-state index in [0.717, 1.165) is 6.07 Å². The number of rotatable bonds is 5. The molecule has 1 aromatic carbocycles. The van der Waals surface area contributed by atoms with Gasteiger partial charge in [0.15, 0.2) is 5.78 Å². The van der Waals surface area contributed by atoms with Gasteiger partial charge >= 0.3 is 6.18 Å². The minimum absolute atomic E-state index is 0.109. The molecule has 0 saturated heterocycles. The van der Waals surface area contributed by atoms with Crippen molar-refractivity contribution in [3.8, 4) is 0 Å². The fraction of sp³-hybridized carbons (Fsp3) is 0.364. The van der Waals surface area contributed by atoms with Gasteiger partial charge in [-0.15, -0.1) is 0 Å². The molecule has 18 heavy (non-hydrogen) atoms. The number of nitrogens with one attached hydrogen (secondary N) is 1. The predicted octanol–water partition coefficient (Wildman–Crippen LogP) is 2.74. The first-order valence-corrected chi connectivity index (χ1v) is 5.39. The molecule has 0 unspecified atom stereocenters. The van der Waals surface area contributed by atoms with Crippen LogP contribution >= 0.6 is 11.6 Å². The Bertz CT molecular complexity index is 434. The van der Waals surface area contributed by atoms with Gasteiger partial charge in [0.05, 0.1) is 13.1 Å². The summed E-state index contributed by atoms with van der Waals surface area (Å²) < 4.78 is 48.7. The van der Waals surface area contributed by atoms with Gasteiger partial charge in [0.25, 0.3) is 0 Å². The lowest BCUT2D eigenvalue weighted by atomic mass is 10.1. The number of Topliss-reactive ketones (excluding diaryl/α,β-unsaturated/α-hetero) is 1. The summed E-state index contributed by atoms with van der Waals surface area (Å²) in [6, 6.07) is 3.79. The van der Waals surface area contributed by atoms with Gasteiger partial charge in [-0.25, -0.2) is 4.39 Å². The van der Waals surface area contributed by atoms with Crippen LogP contribution in [0.2, 0.25) is 5.02 Å². The zero-order valence-electron chi connectivity index (χ0n) is 9.15. The van der Waals surface area contributed by atoms with E-state index in [4.69, 9.17) is 11.6 Å². The second-order valence-corrected chi connectivity index (χ2v) is 4.11. The highest BCUT2D eigenvalue weighted by molar-refractivity contribution is 6.30. The second-order valence-electron chi connectivity index (χ2n) is 3.67. The van der Waals surface area contributed by atoms with E-state index in [-0.39, 0.29) is 17.0 Å². The molecule has 0 aromatic heterocycles. The van der Waals surface area contributed by atoms with Crippen molar-refractivity contribution in [3.63, 3.8) is 0 Å². The van der Waals surface area contributed by atoms with Crippen LogP contribution < -0.4 is 5.32 Å². The van der Waals surface area contributed by atoms with E-state index < -0.39 is 30.9 Å². The molecule has 7 heteroatoms. The molecular weight excluding hydrogens is 274 g/mol. The molecule has 0 bridgehead atoms. The normalized spacial score (nSPS) is 11.6. The molecule has 0 aliphatic rings. The number of ketones is 1. The smallest absolute Gasteiger partial charge is 0.302 e. The van der Waals surface area contributed by atoms with Crippen molar-refractivity contribution in [1.29, 1.82) is 0 Å². The van der Waals surface area contributed by atoms with Crippen LogP contribution in [0.15, 0.2) is 18.2 Å². The van der Waals surface area contributed by atoms with Gasteiger partial charge in [0, 0.05) is 11.4 Å². The van der Waals surface area contributed by atoms with Crippen LogP contribution in [0.25, 0.3) is 0 Å². The van der Waals surface area contributed by atoms with Crippen molar-refractivity contribution in [1.82, 2.24) is 5.32 Å². The van der Waals surface area contributed by atoms with Crippen molar-refractivity contribution in [2.75, 3.05) is 13.1 Å². The monoisotopic (exact) mass is 283 g/mol. The number of halogens is 5.